The van der Waals surface area contributed by atoms with Gasteiger partial charge in [-0.3, -0.25) is 0 Å². The maximum atomic E-state index is 13.1. The standard InChI is InChI=1S/C18H20FN5O2S.ClH/c19-15-1-3-17(4-2-15)24-11-14(9-22-24)18-10-20-13-23(18)7-6-21-16-5-8-27(25,26)12-16;/h1-4,9-11,13,16,21H,5-8,12H2;1H. The van der Waals surface area contributed by atoms with Crippen molar-refractivity contribution in [2.24, 2.45) is 0 Å². The third-order valence-corrected chi connectivity index (χ3v) is 6.47. The predicted octanol–water partition coefficient (Wildman–Crippen LogP) is 2.07. The Kier molecular flexibility index (Phi) is 6.17. The summed E-state index contributed by atoms with van der Waals surface area (Å²) >= 11 is 0. The topological polar surface area (TPSA) is 81.8 Å². The number of nitrogens with one attached hydrogen (secondary N) is 1. The van der Waals surface area contributed by atoms with Crippen molar-refractivity contribution < 1.29 is 12.8 Å². The van der Waals surface area contributed by atoms with Crippen LogP contribution in [0.25, 0.3) is 16.9 Å². The highest BCUT2D eigenvalue weighted by molar-refractivity contribution is 7.91. The van der Waals surface area contributed by atoms with Gasteiger partial charge in [-0.2, -0.15) is 5.10 Å². The zero-order chi connectivity index (χ0) is 18.9. The summed E-state index contributed by atoms with van der Waals surface area (Å²) in [5.74, 6) is 0.199. The van der Waals surface area contributed by atoms with Crippen LogP contribution in [-0.2, 0) is 16.4 Å². The molecule has 7 nitrogen and oxygen atoms in total. The van der Waals surface area contributed by atoms with E-state index in [2.05, 4.69) is 15.4 Å². The predicted molar refractivity (Wildman–Crippen MR) is 107 cm³/mol. The lowest BCUT2D eigenvalue weighted by atomic mass is 10.2. The zero-order valence-electron chi connectivity index (χ0n) is 15.0. The Bertz CT molecular complexity index is 1030. The maximum absolute atomic E-state index is 13.1. The van der Waals surface area contributed by atoms with Crippen molar-refractivity contribution in [1.29, 1.82) is 0 Å². The van der Waals surface area contributed by atoms with Crippen molar-refractivity contribution in [3.63, 3.8) is 0 Å². The Morgan fingerprint density at radius 3 is 2.71 bits per heavy atom. The van der Waals surface area contributed by atoms with E-state index in [-0.39, 0.29) is 35.8 Å². The Morgan fingerprint density at radius 2 is 2.00 bits per heavy atom. The fraction of sp³-hybridized carbons (Fsp3) is 0.333. The monoisotopic (exact) mass is 425 g/mol. The van der Waals surface area contributed by atoms with Crippen LogP contribution in [0.15, 0.2) is 49.2 Å². The third kappa shape index (κ3) is 4.60. The van der Waals surface area contributed by atoms with Crippen LogP contribution in [0, 0.1) is 5.82 Å². The fourth-order valence-electron chi connectivity index (χ4n) is 3.27. The number of sulfone groups is 1. The van der Waals surface area contributed by atoms with Crippen LogP contribution in [0.3, 0.4) is 0 Å². The molecule has 4 rings (SSSR count). The number of benzene rings is 1. The van der Waals surface area contributed by atoms with E-state index >= 15 is 0 Å². The second-order valence-corrected chi connectivity index (χ2v) is 8.91. The first-order chi connectivity index (χ1) is 13.0. The molecule has 1 aliphatic heterocycles. The minimum atomic E-state index is -2.87. The molecule has 10 heteroatoms. The Labute approximate surface area is 168 Å². The van der Waals surface area contributed by atoms with Gasteiger partial charge >= 0.3 is 0 Å². The highest BCUT2D eigenvalue weighted by Crippen LogP contribution is 2.20. The van der Waals surface area contributed by atoms with Crippen molar-refractivity contribution in [3.8, 4) is 16.9 Å². The molecule has 0 bridgehead atoms. The van der Waals surface area contributed by atoms with Crippen LogP contribution in [0.1, 0.15) is 6.42 Å². The summed E-state index contributed by atoms with van der Waals surface area (Å²) in [4.78, 5) is 4.22. The smallest absolute Gasteiger partial charge is 0.151 e. The molecule has 1 aromatic carbocycles. The lowest BCUT2D eigenvalue weighted by Crippen LogP contribution is -2.32. The van der Waals surface area contributed by atoms with Gasteiger partial charge in [-0.05, 0) is 30.7 Å². The molecule has 3 aromatic rings. The van der Waals surface area contributed by atoms with E-state index in [1.54, 1.807) is 35.5 Å². The minimum absolute atomic E-state index is 0. The molecule has 1 atom stereocenters. The average Bonchev–Trinajstić information content (AvgIpc) is 3.35. The summed E-state index contributed by atoms with van der Waals surface area (Å²) in [5.41, 5.74) is 2.60. The highest BCUT2D eigenvalue weighted by Gasteiger charge is 2.27. The van der Waals surface area contributed by atoms with E-state index in [1.165, 1.54) is 12.1 Å². The molecule has 0 saturated carbocycles. The summed E-state index contributed by atoms with van der Waals surface area (Å²) in [6, 6.07) is 6.17. The summed E-state index contributed by atoms with van der Waals surface area (Å²) in [5, 5.41) is 7.65. The quantitative estimate of drug-likeness (QED) is 0.653. The van der Waals surface area contributed by atoms with Crippen LogP contribution < -0.4 is 5.32 Å². The summed E-state index contributed by atoms with van der Waals surface area (Å²) in [6.45, 7) is 1.34. The zero-order valence-corrected chi connectivity index (χ0v) is 16.7. The molecular weight excluding hydrogens is 405 g/mol. The molecule has 2 aromatic heterocycles. The second kappa shape index (κ2) is 8.42. The van der Waals surface area contributed by atoms with Crippen LogP contribution in [0.4, 0.5) is 4.39 Å². The Hall–Kier alpha value is -2.23. The highest BCUT2D eigenvalue weighted by atomic mass is 35.5. The fourth-order valence-corrected chi connectivity index (χ4v) is 4.98. The van der Waals surface area contributed by atoms with Crippen LogP contribution in [0.5, 0.6) is 0 Å². The first kappa shape index (κ1) is 20.5. The molecule has 1 aliphatic rings. The van der Waals surface area contributed by atoms with Gasteiger partial charge in [0.15, 0.2) is 9.84 Å². The van der Waals surface area contributed by atoms with Crippen molar-refractivity contribution >= 4 is 22.2 Å². The molecule has 0 spiro atoms. The van der Waals surface area contributed by atoms with Gasteiger partial charge in [0.05, 0.1) is 41.6 Å². The van der Waals surface area contributed by atoms with Crippen molar-refractivity contribution in [2.75, 3.05) is 18.1 Å². The maximum Gasteiger partial charge on any atom is 0.151 e. The van der Waals surface area contributed by atoms with E-state index < -0.39 is 9.84 Å². The van der Waals surface area contributed by atoms with Gasteiger partial charge in [0, 0.05) is 30.9 Å². The van der Waals surface area contributed by atoms with Gasteiger partial charge in [-0.1, -0.05) is 0 Å². The van der Waals surface area contributed by atoms with Crippen molar-refractivity contribution in [3.05, 3.63) is 55.0 Å². The van der Waals surface area contributed by atoms with Gasteiger partial charge in [0.25, 0.3) is 0 Å². The van der Waals surface area contributed by atoms with E-state index in [0.717, 1.165) is 16.9 Å². The molecule has 0 amide bonds. The van der Waals surface area contributed by atoms with Gasteiger partial charge in [-0.15, -0.1) is 12.4 Å². The van der Waals surface area contributed by atoms with Gasteiger partial charge in [-0.25, -0.2) is 22.5 Å². The number of nitrogens with zero attached hydrogens (tertiary/aromatic N) is 4. The van der Waals surface area contributed by atoms with Gasteiger partial charge in [0.1, 0.15) is 5.82 Å². The summed E-state index contributed by atoms with van der Waals surface area (Å²) < 4.78 is 39.8. The van der Waals surface area contributed by atoms with Crippen LogP contribution >= 0.6 is 12.4 Å². The summed E-state index contributed by atoms with van der Waals surface area (Å²) in [7, 11) is -2.87. The molecule has 1 unspecified atom stereocenters. The number of halogens is 2. The first-order valence-corrected chi connectivity index (χ1v) is 10.6. The number of aromatic nitrogens is 4. The largest absolute Gasteiger partial charge is 0.329 e. The number of hydrogen-bond acceptors (Lipinski definition) is 5. The minimum Gasteiger partial charge on any atom is -0.329 e. The van der Waals surface area contributed by atoms with E-state index in [0.29, 0.717) is 19.5 Å². The van der Waals surface area contributed by atoms with Gasteiger partial charge in [0.2, 0.25) is 0 Å². The number of rotatable bonds is 6. The van der Waals surface area contributed by atoms with Crippen LogP contribution in [0.2, 0.25) is 0 Å². The first-order valence-electron chi connectivity index (χ1n) is 8.75. The molecular formula is C18H21ClFN5O2S. The van der Waals surface area contributed by atoms with Crippen LogP contribution in [-0.4, -0.2) is 51.8 Å². The van der Waals surface area contributed by atoms with Crippen molar-refractivity contribution in [2.45, 2.75) is 19.0 Å². The molecule has 0 radical (unpaired) electrons. The lowest BCUT2D eigenvalue weighted by molar-refractivity contribution is 0.521. The van der Waals surface area contributed by atoms with E-state index in [9.17, 15) is 12.8 Å². The Morgan fingerprint density at radius 1 is 1.21 bits per heavy atom. The number of hydrogen-bond donors (Lipinski definition) is 1. The van der Waals surface area contributed by atoms with Crippen molar-refractivity contribution in [1.82, 2.24) is 24.6 Å². The molecule has 1 N–H and O–H groups in total. The van der Waals surface area contributed by atoms with E-state index in [1.807, 2.05) is 10.8 Å². The molecule has 28 heavy (non-hydrogen) atoms. The molecule has 150 valence electrons. The average molecular weight is 426 g/mol. The molecule has 0 aliphatic carbocycles. The third-order valence-electron chi connectivity index (χ3n) is 4.70. The van der Waals surface area contributed by atoms with E-state index in [4.69, 9.17) is 0 Å². The van der Waals surface area contributed by atoms with Gasteiger partial charge < -0.3 is 9.88 Å². The SMILES string of the molecule is Cl.O=S1(=O)CCC(NCCn2cncc2-c2cnn(-c3ccc(F)cc3)c2)C1. The Balaban J connectivity index is 0.00000225. The molecule has 1 fully saturated rings. The summed E-state index contributed by atoms with van der Waals surface area (Å²) in [6.07, 6.45) is 7.80. The molecule has 3 heterocycles. The normalized spacial score (nSPS) is 18.1. The lowest BCUT2D eigenvalue weighted by Gasteiger charge is -2.12. The molecule has 1 saturated heterocycles. The number of imidazole rings is 1. The second-order valence-electron chi connectivity index (χ2n) is 6.68.